The standard InChI is InChI=1S/C19H18ClN3O6/c1-10(2)17(19(25)21-12-4-6-15-16(8-12)29-9-28-15)22-18(24)11-3-5-13(20)14(7-11)23(26)27/h3-8,10,17H,9H2,1-2H3,(H,21,25)(H,22,24)/t17-/m0/s1. The summed E-state index contributed by atoms with van der Waals surface area (Å²) in [6.07, 6.45) is 0. The van der Waals surface area contributed by atoms with Gasteiger partial charge in [0.1, 0.15) is 11.1 Å². The van der Waals surface area contributed by atoms with Crippen molar-refractivity contribution in [2.75, 3.05) is 12.1 Å². The molecule has 0 fully saturated rings. The molecule has 0 bridgehead atoms. The highest BCUT2D eigenvalue weighted by molar-refractivity contribution is 6.32. The van der Waals surface area contributed by atoms with Gasteiger partial charge in [-0.25, -0.2) is 0 Å². The SMILES string of the molecule is CC(C)[C@H](NC(=O)c1ccc(Cl)c([N+](=O)[O-])c1)C(=O)Nc1ccc2c(c1)OCO2. The quantitative estimate of drug-likeness (QED) is 0.547. The summed E-state index contributed by atoms with van der Waals surface area (Å²) >= 11 is 5.78. The van der Waals surface area contributed by atoms with Crippen molar-refractivity contribution in [2.45, 2.75) is 19.9 Å². The molecular formula is C19H18ClN3O6. The molecule has 0 aromatic heterocycles. The van der Waals surface area contributed by atoms with Crippen LogP contribution >= 0.6 is 11.6 Å². The van der Waals surface area contributed by atoms with Crippen molar-refractivity contribution in [2.24, 2.45) is 5.92 Å². The second kappa shape index (κ2) is 8.36. The van der Waals surface area contributed by atoms with Crippen LogP contribution < -0.4 is 20.1 Å². The van der Waals surface area contributed by atoms with Crippen LogP contribution in [-0.4, -0.2) is 29.6 Å². The maximum Gasteiger partial charge on any atom is 0.288 e. The molecule has 3 rings (SSSR count). The largest absolute Gasteiger partial charge is 0.454 e. The Morgan fingerprint density at radius 1 is 1.14 bits per heavy atom. The summed E-state index contributed by atoms with van der Waals surface area (Å²) in [5.74, 6) is -0.197. The van der Waals surface area contributed by atoms with Gasteiger partial charge in [0.25, 0.3) is 11.6 Å². The van der Waals surface area contributed by atoms with Gasteiger partial charge in [0.05, 0.1) is 4.92 Å². The summed E-state index contributed by atoms with van der Waals surface area (Å²) in [6, 6.07) is 7.79. The van der Waals surface area contributed by atoms with Crippen molar-refractivity contribution in [3.05, 3.63) is 57.1 Å². The number of carbonyl (C=O) groups excluding carboxylic acids is 2. The van der Waals surface area contributed by atoms with E-state index in [2.05, 4.69) is 10.6 Å². The molecule has 2 amide bonds. The predicted molar refractivity (Wildman–Crippen MR) is 105 cm³/mol. The number of hydrogen-bond acceptors (Lipinski definition) is 6. The molecule has 0 unspecified atom stereocenters. The molecule has 1 heterocycles. The zero-order chi connectivity index (χ0) is 21.1. The maximum atomic E-state index is 12.7. The first-order valence-corrected chi connectivity index (χ1v) is 9.09. The summed E-state index contributed by atoms with van der Waals surface area (Å²) in [5.41, 5.74) is 0.133. The van der Waals surface area contributed by atoms with Gasteiger partial charge >= 0.3 is 0 Å². The Bertz CT molecular complexity index is 978. The number of hydrogen-bond donors (Lipinski definition) is 2. The molecule has 0 aliphatic carbocycles. The van der Waals surface area contributed by atoms with Crippen LogP contribution in [0.25, 0.3) is 0 Å². The van der Waals surface area contributed by atoms with Crippen LogP contribution in [0, 0.1) is 16.0 Å². The number of nitro benzene ring substituents is 1. The van der Waals surface area contributed by atoms with Crippen molar-refractivity contribution >= 4 is 34.8 Å². The summed E-state index contributed by atoms with van der Waals surface area (Å²) in [7, 11) is 0. The van der Waals surface area contributed by atoms with E-state index < -0.39 is 22.8 Å². The second-order valence-electron chi connectivity index (χ2n) is 6.68. The Morgan fingerprint density at radius 2 is 1.86 bits per heavy atom. The molecule has 1 aliphatic heterocycles. The molecule has 10 heteroatoms. The minimum absolute atomic E-state index is 0.0302. The number of fused-ring (bicyclic) bond motifs is 1. The lowest BCUT2D eigenvalue weighted by Crippen LogP contribution is -2.47. The number of anilines is 1. The van der Waals surface area contributed by atoms with E-state index in [-0.39, 0.29) is 29.0 Å². The van der Waals surface area contributed by atoms with Crippen molar-refractivity contribution < 1.29 is 24.0 Å². The van der Waals surface area contributed by atoms with E-state index in [1.807, 2.05) is 0 Å². The molecular weight excluding hydrogens is 402 g/mol. The smallest absolute Gasteiger partial charge is 0.288 e. The van der Waals surface area contributed by atoms with Crippen LogP contribution in [0.2, 0.25) is 5.02 Å². The number of nitrogens with one attached hydrogen (secondary N) is 2. The monoisotopic (exact) mass is 419 g/mol. The van der Waals surface area contributed by atoms with E-state index in [4.69, 9.17) is 21.1 Å². The van der Waals surface area contributed by atoms with E-state index in [0.29, 0.717) is 17.2 Å². The number of carbonyl (C=O) groups is 2. The Labute approximate surface area is 171 Å². The molecule has 0 radical (unpaired) electrons. The Balaban J connectivity index is 1.74. The summed E-state index contributed by atoms with van der Waals surface area (Å²) in [5, 5.41) is 16.3. The van der Waals surface area contributed by atoms with Crippen LogP contribution in [0.5, 0.6) is 11.5 Å². The van der Waals surface area contributed by atoms with Crippen molar-refractivity contribution in [3.8, 4) is 11.5 Å². The highest BCUT2D eigenvalue weighted by atomic mass is 35.5. The van der Waals surface area contributed by atoms with Crippen LogP contribution in [-0.2, 0) is 4.79 Å². The van der Waals surface area contributed by atoms with E-state index in [0.717, 1.165) is 6.07 Å². The fourth-order valence-corrected chi connectivity index (χ4v) is 2.93. The fourth-order valence-electron chi connectivity index (χ4n) is 2.75. The third-order valence-corrected chi connectivity index (χ3v) is 4.60. The van der Waals surface area contributed by atoms with Crippen molar-refractivity contribution in [1.29, 1.82) is 0 Å². The lowest BCUT2D eigenvalue weighted by atomic mass is 10.0. The van der Waals surface area contributed by atoms with E-state index in [1.54, 1.807) is 32.0 Å². The normalized spacial score (nSPS) is 13.1. The first kappa shape index (κ1) is 20.4. The topological polar surface area (TPSA) is 120 Å². The van der Waals surface area contributed by atoms with Crippen LogP contribution in [0.1, 0.15) is 24.2 Å². The average molecular weight is 420 g/mol. The van der Waals surface area contributed by atoms with Crippen LogP contribution in [0.15, 0.2) is 36.4 Å². The van der Waals surface area contributed by atoms with Gasteiger partial charge in [-0.2, -0.15) is 0 Å². The number of ether oxygens (including phenoxy) is 2. The average Bonchev–Trinajstić information content (AvgIpc) is 3.13. The number of nitrogens with zero attached hydrogens (tertiary/aromatic N) is 1. The number of rotatable bonds is 6. The van der Waals surface area contributed by atoms with Gasteiger partial charge in [-0.1, -0.05) is 25.4 Å². The fraction of sp³-hybridized carbons (Fsp3) is 0.263. The zero-order valence-corrected chi connectivity index (χ0v) is 16.4. The van der Waals surface area contributed by atoms with Gasteiger partial charge in [-0.05, 0) is 30.2 Å². The molecule has 1 atom stereocenters. The third-order valence-electron chi connectivity index (χ3n) is 4.28. The first-order valence-electron chi connectivity index (χ1n) is 8.71. The summed E-state index contributed by atoms with van der Waals surface area (Å²) in [6.45, 7) is 3.66. The highest BCUT2D eigenvalue weighted by Gasteiger charge is 2.26. The molecule has 2 aromatic rings. The minimum atomic E-state index is -0.873. The number of halogens is 1. The summed E-state index contributed by atoms with van der Waals surface area (Å²) < 4.78 is 10.5. The molecule has 1 aliphatic rings. The highest BCUT2D eigenvalue weighted by Crippen LogP contribution is 2.34. The van der Waals surface area contributed by atoms with Gasteiger partial charge < -0.3 is 20.1 Å². The van der Waals surface area contributed by atoms with Gasteiger partial charge in [-0.3, -0.25) is 19.7 Å². The summed E-state index contributed by atoms with van der Waals surface area (Å²) in [4.78, 5) is 35.6. The van der Waals surface area contributed by atoms with Gasteiger partial charge in [-0.15, -0.1) is 0 Å². The Morgan fingerprint density at radius 3 is 2.55 bits per heavy atom. The van der Waals surface area contributed by atoms with Crippen molar-refractivity contribution in [3.63, 3.8) is 0 Å². The molecule has 0 spiro atoms. The molecule has 152 valence electrons. The zero-order valence-electron chi connectivity index (χ0n) is 15.6. The van der Waals surface area contributed by atoms with E-state index in [1.165, 1.54) is 12.1 Å². The first-order chi connectivity index (χ1) is 13.8. The Hall–Kier alpha value is -3.33. The molecule has 2 N–H and O–H groups in total. The maximum absolute atomic E-state index is 12.7. The number of nitro groups is 1. The number of benzene rings is 2. The Kier molecular flexibility index (Phi) is 5.88. The lowest BCUT2D eigenvalue weighted by Gasteiger charge is -2.22. The minimum Gasteiger partial charge on any atom is -0.454 e. The van der Waals surface area contributed by atoms with E-state index in [9.17, 15) is 19.7 Å². The second-order valence-corrected chi connectivity index (χ2v) is 7.08. The van der Waals surface area contributed by atoms with Crippen LogP contribution in [0.3, 0.4) is 0 Å². The van der Waals surface area contributed by atoms with E-state index >= 15 is 0 Å². The predicted octanol–water partition coefficient (Wildman–Crippen LogP) is 3.37. The third kappa shape index (κ3) is 4.57. The van der Waals surface area contributed by atoms with Gasteiger partial charge in [0, 0.05) is 23.4 Å². The van der Waals surface area contributed by atoms with Crippen LogP contribution in [0.4, 0.5) is 11.4 Å². The molecule has 2 aromatic carbocycles. The number of amides is 2. The van der Waals surface area contributed by atoms with Gasteiger partial charge in [0.2, 0.25) is 12.7 Å². The van der Waals surface area contributed by atoms with Gasteiger partial charge in [0.15, 0.2) is 11.5 Å². The molecule has 29 heavy (non-hydrogen) atoms. The molecule has 0 saturated carbocycles. The van der Waals surface area contributed by atoms with Crippen molar-refractivity contribution in [1.82, 2.24) is 5.32 Å². The molecule has 0 saturated heterocycles. The molecule has 9 nitrogen and oxygen atoms in total. The lowest BCUT2D eigenvalue weighted by molar-refractivity contribution is -0.384.